The Morgan fingerprint density at radius 2 is 1.46 bits per heavy atom. The molecule has 0 aliphatic carbocycles. The largest absolute Gasteiger partial charge is 0.633 e. The highest BCUT2D eigenvalue weighted by Crippen LogP contribution is 2.47. The monoisotopic (exact) mass is 723 g/mol. The summed E-state index contributed by atoms with van der Waals surface area (Å²) in [5, 5.41) is 14.0. The number of unbranched alkanes of at least 4 members (excludes halogenated alkanes) is 1. The highest BCUT2D eigenvalue weighted by Gasteiger charge is 2.45. The van der Waals surface area contributed by atoms with Gasteiger partial charge in [-0.3, -0.25) is 0 Å². The van der Waals surface area contributed by atoms with Crippen molar-refractivity contribution in [1.82, 2.24) is 9.80 Å². The number of piperazine rings is 1. The van der Waals surface area contributed by atoms with Crippen LogP contribution in [0, 0.1) is 5.21 Å². The quantitative estimate of drug-likeness (QED) is 0.159. The minimum absolute atomic E-state index is 0. The second-order valence-corrected chi connectivity index (χ2v) is 13.6. The van der Waals surface area contributed by atoms with Crippen molar-refractivity contribution in [2.45, 2.75) is 48.9 Å². The van der Waals surface area contributed by atoms with Crippen LogP contribution in [0.3, 0.4) is 0 Å². The van der Waals surface area contributed by atoms with Crippen molar-refractivity contribution in [3.8, 4) is 28.7 Å². The minimum atomic E-state index is -0.736. The fraction of sp³-hybridized carbons (Fsp3) is 0.500. The number of hydrogen-bond donors (Lipinski definition) is 1. The predicted octanol–water partition coefficient (Wildman–Crippen LogP) is 6.01. The molecule has 9 nitrogen and oxygen atoms in total. The maximum atomic E-state index is 13.7. The zero-order valence-electron chi connectivity index (χ0n) is 28.9. The van der Waals surface area contributed by atoms with Crippen LogP contribution in [0.2, 0.25) is 0 Å². The predicted molar refractivity (Wildman–Crippen MR) is 197 cm³/mol. The molecule has 0 aromatic heterocycles. The van der Waals surface area contributed by atoms with Gasteiger partial charge in [0.25, 0.3) is 0 Å². The first-order valence-corrected chi connectivity index (χ1v) is 17.0. The van der Waals surface area contributed by atoms with Crippen molar-refractivity contribution in [2.24, 2.45) is 0 Å². The van der Waals surface area contributed by atoms with Gasteiger partial charge in [0, 0.05) is 56.2 Å². The van der Waals surface area contributed by atoms with Crippen molar-refractivity contribution in [3.05, 3.63) is 76.5 Å². The number of rotatable bonds is 14. The van der Waals surface area contributed by atoms with Crippen LogP contribution in [0.1, 0.15) is 49.4 Å². The molecular formula is C36H51Cl2N3O6S. The smallest absolute Gasteiger partial charge is 0.203 e. The molecule has 3 unspecified atom stereocenters. The van der Waals surface area contributed by atoms with Gasteiger partial charge >= 0.3 is 0 Å². The number of nitrogens with one attached hydrogen (secondary N) is 1. The molecule has 12 heteroatoms. The number of fused-ring (bicyclic) bond motifs is 1. The van der Waals surface area contributed by atoms with Crippen LogP contribution in [-0.4, -0.2) is 84.1 Å². The molecule has 5 rings (SSSR count). The topological polar surface area (TPSA) is 80.1 Å². The number of hydroxylamine groups is 2. The van der Waals surface area contributed by atoms with E-state index < -0.39 is 4.87 Å². The zero-order chi connectivity index (χ0) is 32.7. The van der Waals surface area contributed by atoms with Gasteiger partial charge in [-0.1, -0.05) is 30.0 Å². The first-order chi connectivity index (χ1) is 22.3. The lowest BCUT2D eigenvalue weighted by Crippen LogP contribution is -3.14. The van der Waals surface area contributed by atoms with E-state index in [0.29, 0.717) is 23.9 Å². The Hall–Kier alpha value is -2.57. The van der Waals surface area contributed by atoms with Crippen LogP contribution < -0.4 is 28.7 Å². The summed E-state index contributed by atoms with van der Waals surface area (Å²) in [4.78, 5) is 5.49. The molecule has 0 radical (unpaired) electrons. The average Bonchev–Trinajstić information content (AvgIpc) is 3.09. The third kappa shape index (κ3) is 8.96. The van der Waals surface area contributed by atoms with E-state index in [1.54, 1.807) is 40.2 Å². The Morgan fingerprint density at radius 1 is 0.812 bits per heavy atom. The van der Waals surface area contributed by atoms with Gasteiger partial charge in [0.2, 0.25) is 5.75 Å². The van der Waals surface area contributed by atoms with Gasteiger partial charge in [-0.25, -0.2) is 0 Å². The molecule has 0 bridgehead atoms. The van der Waals surface area contributed by atoms with Gasteiger partial charge < -0.3 is 43.8 Å². The lowest BCUT2D eigenvalue weighted by molar-refractivity contribution is -0.923. The number of hydrogen-bond acceptors (Lipinski definition) is 9. The first-order valence-electron chi connectivity index (χ1n) is 16.2. The van der Waals surface area contributed by atoms with Gasteiger partial charge in [-0.2, -0.15) is 0 Å². The molecule has 0 saturated carbocycles. The molecule has 1 N–H and O–H groups in total. The third-order valence-electron chi connectivity index (χ3n) is 9.30. The first kappa shape index (κ1) is 39.9. The summed E-state index contributed by atoms with van der Waals surface area (Å²) >= 11 is 1.62. The maximum Gasteiger partial charge on any atom is 0.203 e. The van der Waals surface area contributed by atoms with Gasteiger partial charge in [0.15, 0.2) is 16.4 Å². The van der Waals surface area contributed by atoms with Crippen molar-refractivity contribution in [3.63, 3.8) is 0 Å². The van der Waals surface area contributed by atoms with Crippen molar-refractivity contribution >= 4 is 36.6 Å². The van der Waals surface area contributed by atoms with Crippen LogP contribution in [0.15, 0.2) is 59.5 Å². The molecule has 48 heavy (non-hydrogen) atoms. The zero-order valence-corrected chi connectivity index (χ0v) is 31.4. The van der Waals surface area contributed by atoms with E-state index in [9.17, 15) is 5.21 Å². The number of methoxy groups -OCH3 is 4. The molecular weight excluding hydrogens is 673 g/mol. The summed E-state index contributed by atoms with van der Waals surface area (Å²) in [6.07, 6.45) is 2.92. The van der Waals surface area contributed by atoms with Gasteiger partial charge in [-0.05, 0) is 68.6 Å². The van der Waals surface area contributed by atoms with Crippen LogP contribution in [0.4, 0.5) is 0 Å². The van der Waals surface area contributed by atoms with Gasteiger partial charge in [-0.15, -0.1) is 24.8 Å². The second-order valence-electron chi connectivity index (χ2n) is 12.1. The van der Waals surface area contributed by atoms with E-state index in [-0.39, 0.29) is 35.9 Å². The molecule has 3 atom stereocenters. The number of benzene rings is 3. The summed E-state index contributed by atoms with van der Waals surface area (Å²) in [5.41, 5.74) is 3.19. The highest BCUT2D eigenvalue weighted by atomic mass is 35.5. The van der Waals surface area contributed by atoms with Crippen molar-refractivity contribution in [2.75, 3.05) is 74.3 Å². The van der Waals surface area contributed by atoms with Crippen LogP contribution in [0.5, 0.6) is 28.7 Å². The standard InChI is InChI=1S/C36H49N3O6S.2ClH/c1-26-29-11-7-8-12-34(29)46-36(2,39(26)40)30-14-13-28(41-3)25-31(30)45-22-10-9-16-37-18-20-38(21-19-37)17-15-27-23-32(42-4)35(44-6)33(24-27)43-5;;/h7-8,11-14,23-26,39H,9-10,15-22H2,1-6H3;2*1H. The number of quaternary nitrogens is 1. The van der Waals surface area contributed by atoms with Gasteiger partial charge in [0.1, 0.15) is 17.5 Å². The minimum Gasteiger partial charge on any atom is -0.633 e. The SMILES string of the molecule is COc1ccc(C2(C)Sc3ccccc3C(C)[NH+]2[O-])c(OCCCCN2CCN(CCc3cc(OC)c(OC)c(OC)c3)CC2)c1.Cl.Cl. The Bertz CT molecular complexity index is 1440. The summed E-state index contributed by atoms with van der Waals surface area (Å²) in [5.74, 6) is 3.49. The summed E-state index contributed by atoms with van der Waals surface area (Å²) in [7, 11) is 6.60. The normalized spacial score (nSPS) is 20.9. The fourth-order valence-corrected chi connectivity index (χ4v) is 8.01. The maximum absolute atomic E-state index is 13.7. The van der Waals surface area contributed by atoms with E-state index in [2.05, 4.69) is 21.9 Å². The van der Waals surface area contributed by atoms with Crippen molar-refractivity contribution in [1.29, 1.82) is 0 Å². The van der Waals surface area contributed by atoms with Crippen LogP contribution >= 0.6 is 36.6 Å². The number of nitrogens with zero attached hydrogens (tertiary/aromatic N) is 2. The molecule has 0 amide bonds. The average molecular weight is 725 g/mol. The van der Waals surface area contributed by atoms with E-state index in [4.69, 9.17) is 23.7 Å². The van der Waals surface area contributed by atoms with Gasteiger partial charge in [0.05, 0.1) is 40.6 Å². The van der Waals surface area contributed by atoms with Crippen LogP contribution in [-0.2, 0) is 11.3 Å². The molecule has 0 spiro atoms. The molecule has 1 saturated heterocycles. The third-order valence-corrected chi connectivity index (χ3v) is 10.7. The Labute approximate surface area is 302 Å². The lowest BCUT2D eigenvalue weighted by atomic mass is 10.0. The fourth-order valence-electron chi connectivity index (χ4n) is 6.51. The van der Waals surface area contributed by atoms with Crippen LogP contribution in [0.25, 0.3) is 0 Å². The molecule has 3 aromatic carbocycles. The van der Waals surface area contributed by atoms with E-state index in [0.717, 1.165) is 86.1 Å². The Balaban J connectivity index is 0.00000312. The molecule has 1 fully saturated rings. The molecule has 2 aliphatic heterocycles. The number of ether oxygens (including phenoxy) is 5. The molecule has 2 heterocycles. The number of thioether (sulfide) groups is 1. The van der Waals surface area contributed by atoms with E-state index >= 15 is 0 Å². The number of halogens is 2. The highest BCUT2D eigenvalue weighted by molar-refractivity contribution is 8.00. The lowest BCUT2D eigenvalue weighted by Gasteiger charge is -2.48. The van der Waals surface area contributed by atoms with E-state index in [1.807, 2.05) is 56.3 Å². The molecule has 266 valence electrons. The Kier molecular flexibility index (Phi) is 15.3. The Morgan fingerprint density at radius 3 is 2.08 bits per heavy atom. The van der Waals surface area contributed by atoms with Crippen molar-refractivity contribution < 1.29 is 28.7 Å². The second kappa shape index (κ2) is 18.4. The molecule has 3 aromatic rings. The molecule has 2 aliphatic rings. The summed E-state index contributed by atoms with van der Waals surface area (Å²) in [6, 6.07) is 18.0. The van der Waals surface area contributed by atoms with E-state index in [1.165, 1.54) is 5.56 Å². The summed E-state index contributed by atoms with van der Waals surface area (Å²) in [6.45, 7) is 10.9. The summed E-state index contributed by atoms with van der Waals surface area (Å²) < 4.78 is 28.4.